The molecule has 4 heteroatoms. The SMILES string of the molecule is CC(C)(C)[NH-].Cc1[cH-]c(C)c(C)c1C.[Cl-].[Cl-].[Ti+4]. The minimum absolute atomic E-state index is 0. The largest absolute Gasteiger partial charge is 4.00 e. The molecule has 0 heterocycles. The van der Waals surface area contributed by atoms with Crippen molar-refractivity contribution in [1.29, 1.82) is 0 Å². The number of rotatable bonds is 0. The molecule has 17 heavy (non-hydrogen) atoms. The topological polar surface area (TPSA) is 23.8 Å². The van der Waals surface area contributed by atoms with Crippen LogP contribution in [0.2, 0.25) is 0 Å². The van der Waals surface area contributed by atoms with Crippen molar-refractivity contribution < 1.29 is 46.5 Å². The summed E-state index contributed by atoms with van der Waals surface area (Å²) in [5.74, 6) is 0. The molecule has 0 aliphatic heterocycles. The zero-order valence-electron chi connectivity index (χ0n) is 11.8. The summed E-state index contributed by atoms with van der Waals surface area (Å²) < 4.78 is 0. The van der Waals surface area contributed by atoms with Gasteiger partial charge in [0, 0.05) is 0 Å². The number of hydrogen-bond acceptors (Lipinski definition) is 0. The zero-order valence-corrected chi connectivity index (χ0v) is 14.9. The van der Waals surface area contributed by atoms with Crippen LogP contribution in [0.3, 0.4) is 0 Å². The molecule has 0 aliphatic carbocycles. The molecule has 0 amide bonds. The maximum atomic E-state index is 6.94. The first-order valence-electron chi connectivity index (χ1n) is 5.08. The Morgan fingerprint density at radius 3 is 1.06 bits per heavy atom. The molecule has 0 fully saturated rings. The van der Waals surface area contributed by atoms with Gasteiger partial charge in [-0.3, -0.25) is 0 Å². The fraction of sp³-hybridized carbons (Fsp3) is 0.615. The van der Waals surface area contributed by atoms with Gasteiger partial charge in [-0.05, 0) is 0 Å². The molecule has 0 saturated carbocycles. The van der Waals surface area contributed by atoms with Crippen molar-refractivity contribution in [3.8, 4) is 0 Å². The van der Waals surface area contributed by atoms with Gasteiger partial charge < -0.3 is 30.5 Å². The molecular formula is C13H23Cl2NTi. The molecule has 0 aromatic heterocycles. The molecule has 0 aliphatic rings. The van der Waals surface area contributed by atoms with E-state index in [4.69, 9.17) is 5.73 Å². The smallest absolute Gasteiger partial charge is 1.00 e. The van der Waals surface area contributed by atoms with Gasteiger partial charge in [-0.15, -0.1) is 5.54 Å². The second kappa shape index (κ2) is 10.5. The standard InChI is InChI=1S/C9H13.C4H10N.2ClH.Ti/c1-6-5-7(2)9(4)8(6)3;1-4(2,3)5;;;/h5H,1-4H3;5H,1-3H3;2*1H;/q2*-1;;;+4/p-2. The van der Waals surface area contributed by atoms with E-state index in [1.165, 1.54) is 22.3 Å². The van der Waals surface area contributed by atoms with Crippen LogP contribution < -0.4 is 24.8 Å². The minimum atomic E-state index is -0.250. The van der Waals surface area contributed by atoms with Crippen LogP contribution in [0.4, 0.5) is 0 Å². The summed E-state index contributed by atoms with van der Waals surface area (Å²) in [4.78, 5) is 0. The third-order valence-corrected chi connectivity index (χ3v) is 2.18. The van der Waals surface area contributed by atoms with Crippen LogP contribution in [0.25, 0.3) is 5.73 Å². The molecule has 0 bridgehead atoms. The van der Waals surface area contributed by atoms with E-state index in [9.17, 15) is 0 Å². The van der Waals surface area contributed by atoms with E-state index in [-0.39, 0.29) is 52.1 Å². The molecule has 0 saturated heterocycles. The third-order valence-electron chi connectivity index (χ3n) is 2.18. The van der Waals surface area contributed by atoms with E-state index < -0.39 is 0 Å². The fourth-order valence-corrected chi connectivity index (χ4v) is 1.13. The number of hydrogen-bond donors (Lipinski definition) is 0. The molecule has 0 radical (unpaired) electrons. The summed E-state index contributed by atoms with van der Waals surface area (Å²) in [6.07, 6.45) is 0. The van der Waals surface area contributed by atoms with Gasteiger partial charge in [0.25, 0.3) is 0 Å². The number of halogens is 2. The van der Waals surface area contributed by atoms with Gasteiger partial charge in [-0.25, -0.2) is 0 Å². The Bertz CT molecular complexity index is 273. The van der Waals surface area contributed by atoms with Crippen molar-refractivity contribution in [2.45, 2.75) is 54.0 Å². The molecule has 1 rings (SSSR count). The van der Waals surface area contributed by atoms with Gasteiger partial charge >= 0.3 is 21.7 Å². The minimum Gasteiger partial charge on any atom is -1.00 e. The Morgan fingerprint density at radius 2 is 1.00 bits per heavy atom. The molecule has 1 aromatic carbocycles. The van der Waals surface area contributed by atoms with Crippen LogP contribution >= 0.6 is 0 Å². The van der Waals surface area contributed by atoms with Crippen LogP contribution in [-0.4, -0.2) is 5.54 Å². The van der Waals surface area contributed by atoms with Gasteiger partial charge in [-0.2, -0.15) is 28.3 Å². The van der Waals surface area contributed by atoms with Gasteiger partial charge in [0.1, 0.15) is 0 Å². The molecule has 0 spiro atoms. The summed E-state index contributed by atoms with van der Waals surface area (Å²) in [5.41, 5.74) is 12.4. The quantitative estimate of drug-likeness (QED) is 0.411. The Balaban J connectivity index is -0.0000000948. The van der Waals surface area contributed by atoms with Gasteiger partial charge in [-0.1, -0.05) is 48.5 Å². The summed E-state index contributed by atoms with van der Waals surface area (Å²) in [6, 6.07) is 2.24. The second-order valence-electron chi connectivity index (χ2n) is 5.01. The Kier molecular flexibility index (Phi) is 16.2. The molecule has 1 nitrogen and oxygen atoms in total. The van der Waals surface area contributed by atoms with Crippen LogP contribution in [0.15, 0.2) is 6.07 Å². The maximum Gasteiger partial charge on any atom is 4.00 e. The monoisotopic (exact) mass is 311 g/mol. The average Bonchev–Trinajstić information content (AvgIpc) is 2.14. The molecule has 98 valence electrons. The van der Waals surface area contributed by atoms with Gasteiger partial charge in [0.05, 0.1) is 0 Å². The summed E-state index contributed by atoms with van der Waals surface area (Å²) in [6.45, 7) is 14.2. The van der Waals surface area contributed by atoms with E-state index in [1.54, 1.807) is 0 Å². The summed E-state index contributed by atoms with van der Waals surface area (Å²) >= 11 is 0. The maximum absolute atomic E-state index is 6.94. The van der Waals surface area contributed by atoms with Gasteiger partial charge in [0.2, 0.25) is 0 Å². The third kappa shape index (κ3) is 12.8. The van der Waals surface area contributed by atoms with Crippen molar-refractivity contribution in [3.05, 3.63) is 34.1 Å². The number of nitrogens with one attached hydrogen (secondary N) is 1. The first-order chi connectivity index (χ1) is 6.13. The first kappa shape index (κ1) is 26.2. The van der Waals surface area contributed by atoms with Gasteiger partial charge in [0.15, 0.2) is 0 Å². The predicted molar refractivity (Wildman–Crippen MR) is 65.1 cm³/mol. The van der Waals surface area contributed by atoms with Crippen LogP contribution in [-0.2, 0) is 21.7 Å². The Morgan fingerprint density at radius 1 is 0.824 bits per heavy atom. The molecule has 0 unspecified atom stereocenters. The summed E-state index contributed by atoms with van der Waals surface area (Å²) in [7, 11) is 0. The molecule has 1 aromatic rings. The fourth-order valence-electron chi connectivity index (χ4n) is 1.13. The number of aryl methyl sites for hydroxylation is 2. The van der Waals surface area contributed by atoms with E-state index in [2.05, 4.69) is 33.8 Å². The first-order valence-corrected chi connectivity index (χ1v) is 5.08. The predicted octanol–water partition coefficient (Wildman–Crippen LogP) is -1.52. The van der Waals surface area contributed by atoms with E-state index in [0.29, 0.717) is 0 Å². The Hall–Kier alpha value is 0.604. The van der Waals surface area contributed by atoms with Crippen LogP contribution in [0.1, 0.15) is 43.0 Å². The average molecular weight is 312 g/mol. The van der Waals surface area contributed by atoms with Crippen molar-refractivity contribution in [2.75, 3.05) is 0 Å². The normalized spacial score (nSPS) is 8.94. The van der Waals surface area contributed by atoms with Crippen molar-refractivity contribution in [1.82, 2.24) is 0 Å². The summed E-state index contributed by atoms with van der Waals surface area (Å²) in [5, 5.41) is 0. The van der Waals surface area contributed by atoms with E-state index in [1.807, 2.05) is 20.8 Å². The molecular weight excluding hydrogens is 289 g/mol. The molecule has 0 atom stereocenters. The van der Waals surface area contributed by atoms with Crippen molar-refractivity contribution in [3.63, 3.8) is 0 Å². The van der Waals surface area contributed by atoms with Crippen LogP contribution in [0.5, 0.6) is 0 Å². The Labute approximate surface area is 134 Å². The van der Waals surface area contributed by atoms with Crippen molar-refractivity contribution >= 4 is 0 Å². The van der Waals surface area contributed by atoms with E-state index >= 15 is 0 Å². The van der Waals surface area contributed by atoms with Crippen molar-refractivity contribution in [2.24, 2.45) is 0 Å². The molecule has 1 N–H and O–H groups in total. The van der Waals surface area contributed by atoms with E-state index in [0.717, 1.165) is 0 Å². The van der Waals surface area contributed by atoms with Crippen LogP contribution in [0, 0.1) is 27.7 Å². The zero-order chi connectivity index (χ0) is 11.5. The second-order valence-corrected chi connectivity index (χ2v) is 5.01.